The summed E-state index contributed by atoms with van der Waals surface area (Å²) in [4.78, 5) is 42.9. The molecule has 3 aliphatic rings. The maximum Gasteiger partial charge on any atom is 0.251 e. The Morgan fingerprint density at radius 2 is 1.53 bits per heavy atom. The summed E-state index contributed by atoms with van der Waals surface area (Å²) < 4.78 is 0. The van der Waals surface area contributed by atoms with Crippen LogP contribution in [0.1, 0.15) is 85.7 Å². The number of amides is 2. The third-order valence-corrected chi connectivity index (χ3v) is 8.86. The van der Waals surface area contributed by atoms with Gasteiger partial charge in [-0.2, -0.15) is 0 Å². The predicted molar refractivity (Wildman–Crippen MR) is 149 cm³/mol. The van der Waals surface area contributed by atoms with E-state index in [2.05, 4.69) is 39.8 Å². The van der Waals surface area contributed by atoms with Crippen LogP contribution in [0.25, 0.3) is 0 Å². The molecule has 0 aromatic heterocycles. The number of Topliss-reactive ketones (excluding diaryl/α,β-unsaturated/α-hetero) is 1. The first kappa shape index (κ1) is 26.6. The molecule has 0 bridgehead atoms. The largest absolute Gasteiger partial charge is 0.349 e. The first-order valence-corrected chi connectivity index (χ1v) is 14.5. The van der Waals surface area contributed by atoms with Gasteiger partial charge in [0.25, 0.3) is 5.91 Å². The Morgan fingerprint density at radius 1 is 0.816 bits per heavy atom. The zero-order valence-electron chi connectivity index (χ0n) is 22.4. The second-order valence-electron chi connectivity index (χ2n) is 11.5. The molecule has 2 aromatic rings. The molecule has 2 aliphatic carbocycles. The Morgan fingerprint density at radius 3 is 2.32 bits per heavy atom. The molecule has 1 heterocycles. The van der Waals surface area contributed by atoms with Crippen LogP contribution in [-0.4, -0.2) is 47.2 Å². The summed E-state index contributed by atoms with van der Waals surface area (Å²) in [7, 11) is 0. The minimum absolute atomic E-state index is 0.0699. The molecule has 0 saturated heterocycles. The molecule has 2 atom stereocenters. The SMILES string of the molecule is O=C(N[C@@H]1CCCCC1C(=O)NC1(C(=O)CN2CCCc3ccccc3C2)CCCCC1)c1ccccc1. The highest BCUT2D eigenvalue weighted by Gasteiger charge is 2.43. The van der Waals surface area contributed by atoms with Gasteiger partial charge in [-0.1, -0.05) is 74.6 Å². The summed E-state index contributed by atoms with van der Waals surface area (Å²) >= 11 is 0. The molecule has 2 saturated carbocycles. The number of nitrogens with zero attached hydrogens (tertiary/aromatic N) is 1. The molecular weight excluding hydrogens is 474 g/mol. The van der Waals surface area contributed by atoms with E-state index in [1.807, 2.05) is 18.2 Å². The molecule has 5 rings (SSSR count). The summed E-state index contributed by atoms with van der Waals surface area (Å²) in [6, 6.07) is 17.5. The highest BCUT2D eigenvalue weighted by atomic mass is 16.2. The van der Waals surface area contributed by atoms with Crippen molar-refractivity contribution in [3.63, 3.8) is 0 Å². The quantitative estimate of drug-likeness (QED) is 0.555. The average molecular weight is 516 g/mol. The van der Waals surface area contributed by atoms with Gasteiger partial charge in [0.05, 0.1) is 18.0 Å². The van der Waals surface area contributed by atoms with E-state index < -0.39 is 5.54 Å². The zero-order chi connectivity index (χ0) is 26.4. The van der Waals surface area contributed by atoms with Crippen molar-refractivity contribution < 1.29 is 14.4 Å². The predicted octanol–water partition coefficient (Wildman–Crippen LogP) is 4.81. The maximum absolute atomic E-state index is 13.9. The van der Waals surface area contributed by atoms with Crippen molar-refractivity contribution in [2.45, 2.75) is 88.8 Å². The minimum Gasteiger partial charge on any atom is -0.349 e. The van der Waals surface area contributed by atoms with Gasteiger partial charge >= 0.3 is 0 Å². The maximum atomic E-state index is 13.9. The molecule has 38 heavy (non-hydrogen) atoms. The Labute approximate surface area is 226 Å². The van der Waals surface area contributed by atoms with Crippen molar-refractivity contribution in [3.8, 4) is 0 Å². The van der Waals surface area contributed by atoms with E-state index >= 15 is 0 Å². The molecule has 2 N–H and O–H groups in total. The second-order valence-corrected chi connectivity index (χ2v) is 11.5. The van der Waals surface area contributed by atoms with Crippen LogP contribution in [0.15, 0.2) is 54.6 Å². The first-order valence-electron chi connectivity index (χ1n) is 14.5. The van der Waals surface area contributed by atoms with Gasteiger partial charge in [0.15, 0.2) is 5.78 Å². The summed E-state index contributed by atoms with van der Waals surface area (Å²) in [5, 5.41) is 6.44. The van der Waals surface area contributed by atoms with E-state index in [0.717, 1.165) is 70.9 Å². The fraction of sp³-hybridized carbons (Fsp3) is 0.531. The van der Waals surface area contributed by atoms with Crippen LogP contribution in [0.2, 0.25) is 0 Å². The summed E-state index contributed by atoms with van der Waals surface area (Å²) in [6.07, 6.45) is 9.96. The first-order chi connectivity index (χ1) is 18.5. The molecule has 6 heteroatoms. The molecule has 1 aliphatic heterocycles. The smallest absolute Gasteiger partial charge is 0.251 e. The fourth-order valence-corrected chi connectivity index (χ4v) is 6.67. The number of hydrogen-bond acceptors (Lipinski definition) is 4. The highest BCUT2D eigenvalue weighted by Crippen LogP contribution is 2.32. The van der Waals surface area contributed by atoms with Gasteiger partial charge < -0.3 is 10.6 Å². The Hall–Kier alpha value is -2.99. The Kier molecular flexibility index (Phi) is 8.58. The molecule has 6 nitrogen and oxygen atoms in total. The van der Waals surface area contributed by atoms with Gasteiger partial charge in [0.2, 0.25) is 5.91 Å². The van der Waals surface area contributed by atoms with E-state index in [1.54, 1.807) is 12.1 Å². The van der Waals surface area contributed by atoms with Crippen LogP contribution in [0.5, 0.6) is 0 Å². The summed E-state index contributed by atoms with van der Waals surface area (Å²) in [5.74, 6) is -0.376. The molecule has 0 spiro atoms. The van der Waals surface area contributed by atoms with E-state index in [-0.39, 0.29) is 29.6 Å². The molecule has 0 radical (unpaired) electrons. The van der Waals surface area contributed by atoms with Crippen molar-refractivity contribution in [3.05, 3.63) is 71.3 Å². The van der Waals surface area contributed by atoms with Crippen LogP contribution in [0, 0.1) is 5.92 Å². The Bertz CT molecular complexity index is 1130. The molecule has 2 fully saturated rings. The number of rotatable bonds is 7. The standard InChI is InChI=1S/C32H41N3O3/c36-29(23-35-21-11-16-24-12-5-6-15-26(24)22-35)32(19-9-2-10-20-32)34-31(38)27-17-7-8-18-28(27)33-30(37)25-13-3-1-4-14-25/h1,3-6,12-15,27-28H,2,7-11,16-23H2,(H,33,37)(H,34,38)/t27?,28-/m1/s1. The number of carbonyl (C=O) groups is 3. The lowest BCUT2D eigenvalue weighted by Crippen LogP contribution is -2.61. The third kappa shape index (κ3) is 6.17. The van der Waals surface area contributed by atoms with Crippen LogP contribution >= 0.6 is 0 Å². The number of hydrogen-bond donors (Lipinski definition) is 2. The van der Waals surface area contributed by atoms with E-state index in [1.165, 1.54) is 11.1 Å². The second kappa shape index (κ2) is 12.2. The number of fused-ring (bicyclic) bond motifs is 1. The van der Waals surface area contributed by atoms with Gasteiger partial charge in [-0.05, 0) is 68.3 Å². The molecule has 2 amide bonds. The van der Waals surface area contributed by atoms with Gasteiger partial charge in [0.1, 0.15) is 0 Å². The molecule has 202 valence electrons. The van der Waals surface area contributed by atoms with Crippen molar-refractivity contribution in [1.29, 1.82) is 0 Å². The monoisotopic (exact) mass is 515 g/mol. The zero-order valence-corrected chi connectivity index (χ0v) is 22.4. The third-order valence-electron chi connectivity index (χ3n) is 8.86. The van der Waals surface area contributed by atoms with Crippen molar-refractivity contribution in [2.24, 2.45) is 5.92 Å². The lowest BCUT2D eigenvalue weighted by molar-refractivity contribution is -0.137. The summed E-state index contributed by atoms with van der Waals surface area (Å²) in [6.45, 7) is 2.04. The van der Waals surface area contributed by atoms with Gasteiger partial charge in [-0.25, -0.2) is 0 Å². The van der Waals surface area contributed by atoms with Crippen molar-refractivity contribution in [1.82, 2.24) is 15.5 Å². The normalized spacial score (nSPS) is 23.5. The topological polar surface area (TPSA) is 78.5 Å². The van der Waals surface area contributed by atoms with E-state index in [0.29, 0.717) is 24.9 Å². The van der Waals surface area contributed by atoms with Crippen molar-refractivity contribution >= 4 is 17.6 Å². The Balaban J connectivity index is 1.28. The number of aryl methyl sites for hydroxylation is 1. The van der Waals surface area contributed by atoms with Gasteiger partial charge in [-0.3, -0.25) is 19.3 Å². The van der Waals surface area contributed by atoms with Crippen LogP contribution in [0.4, 0.5) is 0 Å². The van der Waals surface area contributed by atoms with Gasteiger partial charge in [0, 0.05) is 18.2 Å². The number of benzene rings is 2. The number of nitrogens with one attached hydrogen (secondary N) is 2. The molecule has 2 aromatic carbocycles. The van der Waals surface area contributed by atoms with E-state index in [9.17, 15) is 14.4 Å². The highest BCUT2D eigenvalue weighted by molar-refractivity contribution is 5.96. The number of carbonyl (C=O) groups excluding carboxylic acids is 3. The van der Waals surface area contributed by atoms with Crippen LogP contribution in [-0.2, 0) is 22.6 Å². The van der Waals surface area contributed by atoms with Crippen LogP contribution < -0.4 is 10.6 Å². The lowest BCUT2D eigenvalue weighted by Gasteiger charge is -2.40. The average Bonchev–Trinajstić information content (AvgIpc) is 3.16. The summed E-state index contributed by atoms with van der Waals surface area (Å²) in [5.41, 5.74) is 2.49. The van der Waals surface area contributed by atoms with Crippen LogP contribution in [0.3, 0.4) is 0 Å². The minimum atomic E-state index is -0.799. The molecule has 1 unspecified atom stereocenters. The van der Waals surface area contributed by atoms with Crippen molar-refractivity contribution in [2.75, 3.05) is 13.1 Å². The van der Waals surface area contributed by atoms with E-state index in [4.69, 9.17) is 0 Å². The van der Waals surface area contributed by atoms with Gasteiger partial charge in [-0.15, -0.1) is 0 Å². The number of ketones is 1. The molecular formula is C32H41N3O3. The lowest BCUT2D eigenvalue weighted by atomic mass is 9.76. The fourth-order valence-electron chi connectivity index (χ4n) is 6.67.